The summed E-state index contributed by atoms with van der Waals surface area (Å²) in [5.74, 6) is 3.66. The average molecular weight is 584 g/mol. The maximum Gasteiger partial charge on any atom is 0.310 e. The number of likely N-dealkylation sites (tertiary alicyclic amines) is 1. The minimum Gasteiger partial charge on any atom is -0.487 e. The number of carboxylic acids is 1. The number of carbonyl (C=O) groups excluding carboxylic acids is 2. The lowest BCUT2D eigenvalue weighted by atomic mass is 9.78. The molecule has 3 aliphatic rings. The van der Waals surface area contributed by atoms with Crippen molar-refractivity contribution in [3.8, 4) is 5.75 Å². The summed E-state index contributed by atoms with van der Waals surface area (Å²) in [5.41, 5.74) is 5.10. The van der Waals surface area contributed by atoms with Crippen molar-refractivity contribution < 1.29 is 33.0 Å². The minimum atomic E-state index is -2.93. The van der Waals surface area contributed by atoms with E-state index in [1.807, 2.05) is 0 Å². The number of hydrogen-bond acceptors (Lipinski definition) is 7. The molecule has 1 unspecified atom stereocenters. The fourth-order valence-corrected chi connectivity index (χ4v) is 6.40. The molecule has 5 N–H and O–H groups in total. The molecular weight excluding hydrogens is 548 g/mol. The first kappa shape index (κ1) is 29.9. The van der Waals surface area contributed by atoms with Gasteiger partial charge in [-0.05, 0) is 57.2 Å². The lowest BCUT2D eigenvalue weighted by Crippen LogP contribution is -2.52. The topological polar surface area (TPSA) is 142 Å². The van der Waals surface area contributed by atoms with E-state index in [0.717, 1.165) is 5.01 Å². The molecule has 1 aromatic carbocycles. The summed E-state index contributed by atoms with van der Waals surface area (Å²) in [6.07, 6.45) is -1.17. The third-order valence-electron chi connectivity index (χ3n) is 8.42. The van der Waals surface area contributed by atoms with Crippen molar-refractivity contribution in [1.29, 1.82) is 0 Å². The molecule has 2 aliphatic heterocycles. The number of allylic oxidation sites excluding steroid dienone is 1. The number of alkyl halides is 2. The Morgan fingerprint density at radius 1 is 1.27 bits per heavy atom. The van der Waals surface area contributed by atoms with Crippen LogP contribution in [-0.2, 0) is 20.8 Å². The van der Waals surface area contributed by atoms with Gasteiger partial charge in [-0.1, -0.05) is 18.0 Å². The zero-order valence-corrected chi connectivity index (χ0v) is 23.4. The highest BCUT2D eigenvalue weighted by atomic mass is 35.5. The van der Waals surface area contributed by atoms with E-state index in [1.165, 1.54) is 0 Å². The van der Waals surface area contributed by atoms with Crippen LogP contribution < -0.4 is 16.3 Å². The van der Waals surface area contributed by atoms with Crippen LogP contribution in [-0.4, -0.2) is 70.4 Å². The first-order valence-electron chi connectivity index (χ1n) is 13.5. The third kappa shape index (κ3) is 5.30. The van der Waals surface area contributed by atoms with Gasteiger partial charge in [0.05, 0.1) is 17.0 Å². The van der Waals surface area contributed by atoms with Crippen molar-refractivity contribution >= 4 is 29.4 Å². The van der Waals surface area contributed by atoms with Gasteiger partial charge in [0.25, 0.3) is 6.43 Å². The van der Waals surface area contributed by atoms with Gasteiger partial charge < -0.3 is 30.4 Å². The second-order valence-corrected chi connectivity index (χ2v) is 11.1. The molecule has 0 radical (unpaired) electrons. The molecule has 0 spiro atoms. The Morgan fingerprint density at radius 3 is 2.60 bits per heavy atom. The maximum atomic E-state index is 14.1. The number of rotatable bonds is 9. The van der Waals surface area contributed by atoms with Gasteiger partial charge in [0.2, 0.25) is 11.8 Å². The number of aliphatic carboxylic acids is 1. The number of carboxylic acid groups (broad SMARTS) is 1. The molecule has 13 heteroatoms. The Kier molecular flexibility index (Phi) is 8.79. The van der Waals surface area contributed by atoms with E-state index in [-0.39, 0.29) is 36.4 Å². The Labute approximate surface area is 236 Å². The number of ether oxygens (including phenoxy) is 1. The lowest BCUT2D eigenvalue weighted by Gasteiger charge is -2.45. The van der Waals surface area contributed by atoms with E-state index in [4.69, 9.17) is 27.9 Å². The molecule has 1 aliphatic carbocycles. The molecule has 2 fully saturated rings. The quantitative estimate of drug-likeness (QED) is 0.297. The van der Waals surface area contributed by atoms with Crippen LogP contribution in [0.2, 0.25) is 5.02 Å². The zero-order chi connectivity index (χ0) is 29.4. The Hall–Kier alpha value is -3.12. The molecule has 2 heterocycles. The fraction of sp³-hybridized carbons (Fsp3) is 0.593. The highest BCUT2D eigenvalue weighted by Gasteiger charge is 2.52. The van der Waals surface area contributed by atoms with Gasteiger partial charge in [0.1, 0.15) is 24.2 Å². The molecule has 10 nitrogen and oxygen atoms in total. The number of hydrogen-bond donors (Lipinski definition) is 3. The first-order chi connectivity index (χ1) is 18.9. The van der Waals surface area contributed by atoms with Crippen LogP contribution in [0.25, 0.3) is 0 Å². The van der Waals surface area contributed by atoms with Crippen molar-refractivity contribution in [2.45, 2.75) is 65.0 Å². The number of amides is 2. The van der Waals surface area contributed by atoms with Gasteiger partial charge in [0.15, 0.2) is 0 Å². The minimum absolute atomic E-state index is 0.101. The summed E-state index contributed by atoms with van der Waals surface area (Å²) in [4.78, 5) is 42.4. The van der Waals surface area contributed by atoms with Gasteiger partial charge in [-0.2, -0.15) is 0 Å². The van der Waals surface area contributed by atoms with Crippen LogP contribution in [0.1, 0.15) is 63.2 Å². The summed E-state index contributed by atoms with van der Waals surface area (Å²) in [6, 6.07) is 3.18. The number of fused-ring (bicyclic) bond motifs is 1. The Morgan fingerprint density at radius 2 is 2.00 bits per heavy atom. The van der Waals surface area contributed by atoms with Crippen LogP contribution in [0.3, 0.4) is 0 Å². The molecule has 0 aromatic heterocycles. The van der Waals surface area contributed by atoms with Crippen molar-refractivity contribution in [3.63, 3.8) is 0 Å². The van der Waals surface area contributed by atoms with Crippen molar-refractivity contribution in [2.75, 3.05) is 26.2 Å². The van der Waals surface area contributed by atoms with E-state index in [9.17, 15) is 28.3 Å². The molecule has 40 heavy (non-hydrogen) atoms. The molecule has 1 aromatic rings. The number of carbonyl (C=O) groups is 3. The summed E-state index contributed by atoms with van der Waals surface area (Å²) in [5, 5.41) is 11.2. The zero-order valence-electron chi connectivity index (χ0n) is 22.7. The van der Waals surface area contributed by atoms with Gasteiger partial charge in [-0.15, -0.1) is 0 Å². The molecule has 4 rings (SSSR count). The molecule has 1 saturated carbocycles. The predicted molar refractivity (Wildman–Crippen MR) is 143 cm³/mol. The SMILES string of the molecule is CCN(N)/C(=C(\N)COc1ccc(Cl)c2c1C(N1CCCC1=O)N(C(=O)[C@@H]1CCC[C@]1(C)C(=O)O)CC2)C(F)F. The van der Waals surface area contributed by atoms with E-state index >= 15 is 0 Å². The van der Waals surface area contributed by atoms with E-state index < -0.39 is 42.2 Å². The number of nitrogens with two attached hydrogens (primary N) is 2. The molecule has 2 amide bonds. The highest BCUT2D eigenvalue weighted by Crippen LogP contribution is 2.48. The summed E-state index contributed by atoms with van der Waals surface area (Å²) in [6.45, 7) is 3.49. The van der Waals surface area contributed by atoms with Crippen LogP contribution in [0.15, 0.2) is 23.5 Å². The molecule has 0 bridgehead atoms. The van der Waals surface area contributed by atoms with Gasteiger partial charge in [0, 0.05) is 36.6 Å². The van der Waals surface area contributed by atoms with Crippen molar-refractivity contribution in [3.05, 3.63) is 39.7 Å². The first-order valence-corrected chi connectivity index (χ1v) is 13.9. The van der Waals surface area contributed by atoms with Crippen LogP contribution in [0, 0.1) is 11.3 Å². The molecular formula is C27H36ClF2N5O5. The number of nitrogens with zero attached hydrogens (tertiary/aromatic N) is 3. The van der Waals surface area contributed by atoms with Gasteiger partial charge >= 0.3 is 5.97 Å². The number of benzene rings is 1. The van der Waals surface area contributed by atoms with Gasteiger partial charge in [-0.25, -0.2) is 14.6 Å². The summed E-state index contributed by atoms with van der Waals surface area (Å²) in [7, 11) is 0. The highest BCUT2D eigenvalue weighted by molar-refractivity contribution is 6.31. The largest absolute Gasteiger partial charge is 0.487 e. The summed E-state index contributed by atoms with van der Waals surface area (Å²) < 4.78 is 33.4. The standard InChI is InChI=1S/C27H36ClF2N5O5/c1-3-35(32)22(23(29)30)18(31)14-40-19-9-8-17(28)15-10-13-34(24(21(15)19)33-12-5-7-20(33)36)25(37)16-6-4-11-27(16,2)26(38)39/h8-9,16,23-24H,3-7,10-14,31-32H2,1-2H3,(H,38,39)/b22-18-/t16-,24?,27-/m0/s1. The lowest BCUT2D eigenvalue weighted by molar-refractivity contribution is -0.160. The van der Waals surface area contributed by atoms with E-state index in [2.05, 4.69) is 0 Å². The Bertz CT molecular complexity index is 1210. The monoisotopic (exact) mass is 583 g/mol. The van der Waals surface area contributed by atoms with E-state index in [1.54, 1.807) is 35.8 Å². The van der Waals surface area contributed by atoms with Crippen LogP contribution >= 0.6 is 11.6 Å². The molecule has 3 atom stereocenters. The molecule has 1 saturated heterocycles. The van der Waals surface area contributed by atoms with Crippen LogP contribution in [0.5, 0.6) is 5.75 Å². The normalized spacial score (nSPS) is 25.2. The number of hydrazine groups is 1. The number of halogens is 3. The molecule has 220 valence electrons. The Balaban J connectivity index is 1.77. The van der Waals surface area contributed by atoms with Crippen molar-refractivity contribution in [1.82, 2.24) is 14.8 Å². The second kappa shape index (κ2) is 11.8. The van der Waals surface area contributed by atoms with Gasteiger partial charge in [-0.3, -0.25) is 14.4 Å². The van der Waals surface area contributed by atoms with Crippen molar-refractivity contribution in [2.24, 2.45) is 22.9 Å². The smallest absolute Gasteiger partial charge is 0.310 e. The predicted octanol–water partition coefficient (Wildman–Crippen LogP) is 3.25. The second-order valence-electron chi connectivity index (χ2n) is 10.7. The van der Waals surface area contributed by atoms with Crippen LogP contribution in [0.4, 0.5) is 8.78 Å². The maximum absolute atomic E-state index is 14.1. The fourth-order valence-electron chi connectivity index (χ4n) is 6.14. The van der Waals surface area contributed by atoms with E-state index in [0.29, 0.717) is 61.2 Å². The average Bonchev–Trinajstić information content (AvgIpc) is 3.53. The third-order valence-corrected chi connectivity index (χ3v) is 8.77. The summed E-state index contributed by atoms with van der Waals surface area (Å²) >= 11 is 6.58.